The van der Waals surface area contributed by atoms with E-state index in [0.29, 0.717) is 18.8 Å². The number of hydrogen-bond donors (Lipinski definition) is 2. The molecule has 10 heteroatoms. The minimum absolute atomic E-state index is 0.0126. The van der Waals surface area contributed by atoms with Gasteiger partial charge in [-0.25, -0.2) is 13.9 Å². The number of sulfonamides is 1. The molecule has 0 saturated carbocycles. The molecule has 1 atom stereocenters. The van der Waals surface area contributed by atoms with Crippen LogP contribution in [0.15, 0.2) is 29.6 Å². The zero-order valence-electron chi connectivity index (χ0n) is 15.3. The molecule has 1 aromatic carbocycles. The van der Waals surface area contributed by atoms with Crippen molar-refractivity contribution >= 4 is 37.4 Å². The van der Waals surface area contributed by atoms with Gasteiger partial charge in [-0.05, 0) is 41.5 Å². The lowest BCUT2D eigenvalue weighted by Crippen LogP contribution is -2.48. The van der Waals surface area contributed by atoms with Crippen LogP contribution in [0.4, 0.5) is 0 Å². The molecule has 0 radical (unpaired) electrons. The van der Waals surface area contributed by atoms with Crippen LogP contribution in [-0.2, 0) is 30.0 Å². The third-order valence-corrected chi connectivity index (χ3v) is 6.84. The monoisotopic (exact) mass is 416 g/mol. The summed E-state index contributed by atoms with van der Waals surface area (Å²) in [6, 6.07) is 6.33. The van der Waals surface area contributed by atoms with E-state index in [2.05, 4.69) is 0 Å². The summed E-state index contributed by atoms with van der Waals surface area (Å²) in [4.78, 5) is 11.8. The van der Waals surface area contributed by atoms with Gasteiger partial charge in [0.25, 0.3) is 5.91 Å². The van der Waals surface area contributed by atoms with Crippen molar-refractivity contribution in [3.8, 4) is 0 Å². The van der Waals surface area contributed by atoms with Crippen molar-refractivity contribution in [3.63, 3.8) is 0 Å². The number of hydrogen-bond acceptors (Lipinski definition) is 7. The number of carbonyl (C=O) groups excluding carboxylic acids is 1. The number of rotatable bonds is 11. The molecule has 1 heterocycles. The van der Waals surface area contributed by atoms with E-state index in [-0.39, 0.29) is 18.9 Å². The predicted molar refractivity (Wildman–Crippen MR) is 103 cm³/mol. The Kier molecular flexibility index (Phi) is 8.14. The third kappa shape index (κ3) is 5.96. The minimum Gasteiger partial charge on any atom is -0.382 e. The predicted octanol–water partition coefficient (Wildman–Crippen LogP) is 1.59. The van der Waals surface area contributed by atoms with Gasteiger partial charge < -0.3 is 9.47 Å². The summed E-state index contributed by atoms with van der Waals surface area (Å²) < 4.78 is 38.2. The highest BCUT2D eigenvalue weighted by Gasteiger charge is 2.31. The first kappa shape index (κ1) is 21.7. The SMILES string of the molecule is COCCOCCN([C@H](C)C(=O)NO)S(=O)(=O)Cc1ccc2sccc2c1. The van der Waals surface area contributed by atoms with Gasteiger partial charge >= 0.3 is 0 Å². The van der Waals surface area contributed by atoms with E-state index in [9.17, 15) is 13.2 Å². The summed E-state index contributed by atoms with van der Waals surface area (Å²) in [6.45, 7) is 2.22. The fourth-order valence-electron chi connectivity index (χ4n) is 2.60. The number of hydroxylamine groups is 1. The van der Waals surface area contributed by atoms with Gasteiger partial charge in [0.1, 0.15) is 6.04 Å². The molecule has 2 rings (SSSR count). The Morgan fingerprint density at radius 1 is 1.30 bits per heavy atom. The second-order valence-electron chi connectivity index (χ2n) is 5.92. The maximum absolute atomic E-state index is 12.9. The third-order valence-electron chi connectivity index (χ3n) is 4.03. The molecule has 0 unspecified atom stereocenters. The molecule has 0 aliphatic rings. The quantitative estimate of drug-likeness (QED) is 0.327. The molecular formula is C17H24N2O6S2. The number of thiophene rings is 1. The van der Waals surface area contributed by atoms with Crippen molar-refractivity contribution in [1.82, 2.24) is 9.79 Å². The summed E-state index contributed by atoms with van der Waals surface area (Å²) in [6.07, 6.45) is 0. The standard InChI is InChI=1S/C17H24N2O6S2/c1-13(17(20)18-21)19(6-7-25-9-8-24-2)27(22,23)12-14-3-4-16-15(11-14)5-10-26-16/h3-5,10-11,13,21H,6-9,12H2,1-2H3,(H,18,20)/t13-/m1/s1. The van der Waals surface area contributed by atoms with E-state index >= 15 is 0 Å². The average Bonchev–Trinajstić information content (AvgIpc) is 3.10. The first-order valence-corrected chi connectivity index (χ1v) is 10.8. The Morgan fingerprint density at radius 2 is 2.07 bits per heavy atom. The van der Waals surface area contributed by atoms with Crippen LogP contribution < -0.4 is 5.48 Å². The summed E-state index contributed by atoms with van der Waals surface area (Å²) in [5.41, 5.74) is 2.14. The lowest BCUT2D eigenvalue weighted by Gasteiger charge is -2.27. The number of nitrogens with one attached hydrogen (secondary N) is 1. The van der Waals surface area contributed by atoms with E-state index < -0.39 is 22.0 Å². The molecule has 0 fully saturated rings. The molecule has 8 nitrogen and oxygen atoms in total. The van der Waals surface area contributed by atoms with Gasteiger partial charge in [-0.2, -0.15) is 4.31 Å². The van der Waals surface area contributed by atoms with Crippen LogP contribution in [0.5, 0.6) is 0 Å². The molecule has 0 bridgehead atoms. The molecule has 1 aromatic heterocycles. The zero-order chi connectivity index (χ0) is 19.9. The number of fused-ring (bicyclic) bond motifs is 1. The number of ether oxygens (including phenoxy) is 2. The van der Waals surface area contributed by atoms with Gasteiger partial charge in [0.05, 0.1) is 25.6 Å². The summed E-state index contributed by atoms with van der Waals surface area (Å²) in [5.74, 6) is -1.05. The number of carbonyl (C=O) groups is 1. The van der Waals surface area contributed by atoms with E-state index in [1.165, 1.54) is 19.5 Å². The zero-order valence-corrected chi connectivity index (χ0v) is 16.9. The average molecular weight is 417 g/mol. The maximum atomic E-state index is 12.9. The molecule has 2 aromatic rings. The van der Waals surface area contributed by atoms with Crippen LogP contribution in [0.2, 0.25) is 0 Å². The van der Waals surface area contributed by atoms with Crippen molar-refractivity contribution in [2.75, 3.05) is 33.5 Å². The van der Waals surface area contributed by atoms with E-state index in [1.54, 1.807) is 17.4 Å². The molecule has 0 saturated heterocycles. The fraction of sp³-hybridized carbons (Fsp3) is 0.471. The Hall–Kier alpha value is -1.56. The van der Waals surface area contributed by atoms with Crippen LogP contribution in [0.1, 0.15) is 12.5 Å². The van der Waals surface area contributed by atoms with Crippen molar-refractivity contribution < 1.29 is 27.9 Å². The topological polar surface area (TPSA) is 105 Å². The second-order valence-corrected chi connectivity index (χ2v) is 8.79. The van der Waals surface area contributed by atoms with Crippen LogP contribution in [0.3, 0.4) is 0 Å². The van der Waals surface area contributed by atoms with Gasteiger partial charge in [-0.3, -0.25) is 10.0 Å². The highest BCUT2D eigenvalue weighted by atomic mass is 32.2. The van der Waals surface area contributed by atoms with Crippen molar-refractivity contribution in [3.05, 3.63) is 35.2 Å². The largest absolute Gasteiger partial charge is 0.382 e. The van der Waals surface area contributed by atoms with Gasteiger partial charge in [0, 0.05) is 18.4 Å². The smallest absolute Gasteiger partial charge is 0.261 e. The molecule has 1 amide bonds. The lowest BCUT2D eigenvalue weighted by molar-refractivity contribution is -0.132. The minimum atomic E-state index is -3.82. The Balaban J connectivity index is 2.15. The van der Waals surface area contributed by atoms with Crippen LogP contribution in [0.25, 0.3) is 10.1 Å². The van der Waals surface area contributed by atoms with Gasteiger partial charge in [0.15, 0.2) is 0 Å². The second kappa shape index (κ2) is 10.1. The van der Waals surface area contributed by atoms with Crippen LogP contribution in [-0.4, -0.2) is 63.4 Å². The van der Waals surface area contributed by atoms with E-state index in [0.717, 1.165) is 14.4 Å². The van der Waals surface area contributed by atoms with E-state index in [4.69, 9.17) is 14.7 Å². The fourth-order valence-corrected chi connectivity index (χ4v) is 5.06. The molecule has 0 spiro atoms. The number of methoxy groups -OCH3 is 1. The van der Waals surface area contributed by atoms with Crippen molar-refractivity contribution in [2.45, 2.75) is 18.7 Å². The summed E-state index contributed by atoms with van der Waals surface area (Å²) in [5, 5.41) is 11.8. The van der Waals surface area contributed by atoms with Crippen LogP contribution in [0, 0.1) is 0 Å². The van der Waals surface area contributed by atoms with E-state index in [1.807, 2.05) is 23.6 Å². The number of nitrogens with zero attached hydrogens (tertiary/aromatic N) is 1. The number of amides is 1. The molecule has 150 valence electrons. The molecule has 27 heavy (non-hydrogen) atoms. The molecular weight excluding hydrogens is 392 g/mol. The summed E-state index contributed by atoms with van der Waals surface area (Å²) >= 11 is 1.58. The molecule has 0 aliphatic carbocycles. The molecule has 0 aliphatic heterocycles. The Morgan fingerprint density at radius 3 is 2.78 bits per heavy atom. The lowest BCUT2D eigenvalue weighted by atomic mass is 10.2. The highest BCUT2D eigenvalue weighted by molar-refractivity contribution is 7.88. The van der Waals surface area contributed by atoms with Crippen LogP contribution >= 0.6 is 11.3 Å². The Labute approximate surface area is 162 Å². The first-order valence-electron chi connectivity index (χ1n) is 8.35. The number of benzene rings is 1. The van der Waals surface area contributed by atoms with Gasteiger partial charge in [-0.1, -0.05) is 6.07 Å². The van der Waals surface area contributed by atoms with Gasteiger partial charge in [0.2, 0.25) is 10.0 Å². The first-order chi connectivity index (χ1) is 12.9. The Bertz CT molecular complexity index is 852. The summed E-state index contributed by atoms with van der Waals surface area (Å²) in [7, 11) is -2.28. The maximum Gasteiger partial charge on any atom is 0.261 e. The van der Waals surface area contributed by atoms with Gasteiger partial charge in [-0.15, -0.1) is 11.3 Å². The molecule has 2 N–H and O–H groups in total. The highest BCUT2D eigenvalue weighted by Crippen LogP contribution is 2.23. The van der Waals surface area contributed by atoms with Crippen molar-refractivity contribution in [2.24, 2.45) is 0 Å². The van der Waals surface area contributed by atoms with Crippen molar-refractivity contribution in [1.29, 1.82) is 0 Å². The normalized spacial score (nSPS) is 13.2.